The van der Waals surface area contributed by atoms with Crippen molar-refractivity contribution in [2.45, 2.75) is 12.5 Å². The number of nitrogens with zero attached hydrogens (tertiary/aromatic N) is 1. The Morgan fingerprint density at radius 2 is 1.48 bits per heavy atom. The molecule has 0 fully saturated rings. The van der Waals surface area contributed by atoms with Crippen LogP contribution in [-0.4, -0.2) is 35.8 Å². The van der Waals surface area contributed by atoms with Gasteiger partial charge in [-0.1, -0.05) is 42.5 Å². The number of benzene rings is 2. The molecule has 1 aliphatic rings. The van der Waals surface area contributed by atoms with E-state index in [4.69, 9.17) is 4.74 Å². The highest BCUT2D eigenvalue weighted by Crippen LogP contribution is 2.26. The summed E-state index contributed by atoms with van der Waals surface area (Å²) in [7, 11) is 1.25. The van der Waals surface area contributed by atoms with Crippen LogP contribution in [0.1, 0.15) is 26.3 Å². The predicted octanol–water partition coefficient (Wildman–Crippen LogP) is 2.07. The van der Waals surface area contributed by atoms with E-state index in [-0.39, 0.29) is 6.42 Å². The standard InChI is InChI=1S/C18H15NO4/c1-23-18(22)15(11-12-7-3-2-4-8-12)19-16(20)13-9-5-6-10-14(13)17(19)21/h2-10,15H,11H2,1H3/t15-/m1/s1. The summed E-state index contributed by atoms with van der Waals surface area (Å²) in [6, 6.07) is 14.8. The fraction of sp³-hybridized carbons (Fsp3) is 0.167. The molecule has 0 spiro atoms. The quantitative estimate of drug-likeness (QED) is 0.640. The summed E-state index contributed by atoms with van der Waals surface area (Å²) in [4.78, 5) is 38.3. The number of amides is 2. The molecule has 1 heterocycles. The van der Waals surface area contributed by atoms with E-state index in [2.05, 4.69) is 0 Å². The van der Waals surface area contributed by atoms with Crippen LogP contribution in [0.25, 0.3) is 0 Å². The summed E-state index contributed by atoms with van der Waals surface area (Å²) in [5.74, 6) is -1.53. The van der Waals surface area contributed by atoms with Crippen molar-refractivity contribution in [3.05, 3.63) is 71.3 Å². The van der Waals surface area contributed by atoms with Gasteiger partial charge in [-0.15, -0.1) is 0 Å². The third kappa shape index (κ3) is 2.61. The van der Waals surface area contributed by atoms with Crippen LogP contribution < -0.4 is 0 Å². The zero-order valence-electron chi connectivity index (χ0n) is 12.6. The first-order chi connectivity index (χ1) is 11.1. The highest BCUT2D eigenvalue weighted by atomic mass is 16.5. The Morgan fingerprint density at radius 3 is 2.00 bits per heavy atom. The lowest BCUT2D eigenvalue weighted by Crippen LogP contribution is -2.46. The molecule has 0 N–H and O–H groups in total. The molecule has 0 saturated heterocycles. The molecule has 0 unspecified atom stereocenters. The van der Waals surface area contributed by atoms with Gasteiger partial charge in [-0.2, -0.15) is 0 Å². The van der Waals surface area contributed by atoms with E-state index in [1.165, 1.54) is 7.11 Å². The molecule has 0 aromatic heterocycles. The normalized spacial score (nSPS) is 14.6. The van der Waals surface area contributed by atoms with Crippen LogP contribution in [0.2, 0.25) is 0 Å². The monoisotopic (exact) mass is 309 g/mol. The lowest BCUT2D eigenvalue weighted by molar-refractivity contribution is -0.145. The zero-order valence-corrected chi connectivity index (χ0v) is 12.6. The second-order valence-corrected chi connectivity index (χ2v) is 5.25. The van der Waals surface area contributed by atoms with Gasteiger partial charge in [-0.3, -0.25) is 14.5 Å². The highest BCUT2D eigenvalue weighted by molar-refractivity contribution is 6.22. The Balaban J connectivity index is 1.97. The minimum atomic E-state index is -0.977. The number of esters is 1. The van der Waals surface area contributed by atoms with Crippen molar-refractivity contribution in [3.8, 4) is 0 Å². The second-order valence-electron chi connectivity index (χ2n) is 5.25. The molecular formula is C18H15NO4. The van der Waals surface area contributed by atoms with Crippen LogP contribution in [0.3, 0.4) is 0 Å². The van der Waals surface area contributed by atoms with Gasteiger partial charge in [-0.25, -0.2) is 4.79 Å². The number of hydrogen-bond acceptors (Lipinski definition) is 4. The van der Waals surface area contributed by atoms with Crippen molar-refractivity contribution in [2.24, 2.45) is 0 Å². The maximum Gasteiger partial charge on any atom is 0.329 e. The van der Waals surface area contributed by atoms with E-state index >= 15 is 0 Å². The van der Waals surface area contributed by atoms with Crippen LogP contribution in [0.15, 0.2) is 54.6 Å². The SMILES string of the molecule is COC(=O)[C@@H](Cc1ccccc1)N1C(=O)c2ccccc2C1=O. The zero-order chi connectivity index (χ0) is 16.4. The number of imide groups is 1. The predicted molar refractivity (Wildman–Crippen MR) is 82.9 cm³/mol. The first kappa shape index (κ1) is 15.0. The van der Waals surface area contributed by atoms with Crippen molar-refractivity contribution in [3.63, 3.8) is 0 Å². The molecular weight excluding hydrogens is 294 g/mol. The van der Waals surface area contributed by atoms with Gasteiger partial charge in [0.15, 0.2) is 0 Å². The molecule has 3 rings (SSSR count). The number of fused-ring (bicyclic) bond motifs is 1. The van der Waals surface area contributed by atoms with Gasteiger partial charge in [0.05, 0.1) is 18.2 Å². The van der Waals surface area contributed by atoms with Gasteiger partial charge in [0.2, 0.25) is 0 Å². The fourth-order valence-corrected chi connectivity index (χ4v) is 2.74. The van der Waals surface area contributed by atoms with E-state index in [1.807, 2.05) is 30.3 Å². The molecule has 5 nitrogen and oxygen atoms in total. The van der Waals surface area contributed by atoms with Gasteiger partial charge in [-0.05, 0) is 17.7 Å². The average Bonchev–Trinajstić information content (AvgIpc) is 2.85. The van der Waals surface area contributed by atoms with Gasteiger partial charge < -0.3 is 4.74 Å². The molecule has 0 saturated carbocycles. The third-order valence-electron chi connectivity index (χ3n) is 3.88. The van der Waals surface area contributed by atoms with Crippen LogP contribution in [0.5, 0.6) is 0 Å². The van der Waals surface area contributed by atoms with Crippen molar-refractivity contribution in [1.82, 2.24) is 4.90 Å². The van der Waals surface area contributed by atoms with Crippen LogP contribution in [-0.2, 0) is 16.0 Å². The second kappa shape index (κ2) is 6.04. The van der Waals surface area contributed by atoms with E-state index < -0.39 is 23.8 Å². The topological polar surface area (TPSA) is 63.7 Å². The Bertz CT molecular complexity index is 735. The van der Waals surface area contributed by atoms with Gasteiger partial charge in [0.25, 0.3) is 11.8 Å². The van der Waals surface area contributed by atoms with Crippen molar-refractivity contribution in [2.75, 3.05) is 7.11 Å². The number of hydrogen-bond donors (Lipinski definition) is 0. The summed E-state index contributed by atoms with van der Waals surface area (Å²) < 4.78 is 4.81. The first-order valence-electron chi connectivity index (χ1n) is 7.22. The van der Waals surface area contributed by atoms with Crippen LogP contribution in [0.4, 0.5) is 0 Å². The van der Waals surface area contributed by atoms with Crippen molar-refractivity contribution >= 4 is 17.8 Å². The minimum Gasteiger partial charge on any atom is -0.467 e. The minimum absolute atomic E-state index is 0.221. The molecule has 1 aliphatic heterocycles. The van der Waals surface area contributed by atoms with E-state index in [9.17, 15) is 14.4 Å². The fourth-order valence-electron chi connectivity index (χ4n) is 2.74. The molecule has 116 valence electrons. The van der Waals surface area contributed by atoms with E-state index in [0.717, 1.165) is 10.5 Å². The number of carbonyl (C=O) groups is 3. The summed E-state index contributed by atoms with van der Waals surface area (Å²) >= 11 is 0. The van der Waals surface area contributed by atoms with Crippen molar-refractivity contribution < 1.29 is 19.1 Å². The number of ether oxygens (including phenoxy) is 1. The molecule has 2 amide bonds. The highest BCUT2D eigenvalue weighted by Gasteiger charge is 2.43. The van der Waals surface area contributed by atoms with Gasteiger partial charge in [0.1, 0.15) is 6.04 Å². The van der Waals surface area contributed by atoms with Gasteiger partial charge >= 0.3 is 5.97 Å². The molecule has 0 radical (unpaired) electrons. The average molecular weight is 309 g/mol. The summed E-state index contributed by atoms with van der Waals surface area (Å²) in [5, 5.41) is 0. The molecule has 5 heteroatoms. The lowest BCUT2D eigenvalue weighted by Gasteiger charge is -2.24. The van der Waals surface area contributed by atoms with Crippen molar-refractivity contribution in [1.29, 1.82) is 0 Å². The lowest BCUT2D eigenvalue weighted by atomic mass is 10.0. The number of rotatable bonds is 4. The third-order valence-corrected chi connectivity index (χ3v) is 3.88. The smallest absolute Gasteiger partial charge is 0.329 e. The van der Waals surface area contributed by atoms with Crippen LogP contribution in [0, 0.1) is 0 Å². The Morgan fingerprint density at radius 1 is 0.957 bits per heavy atom. The molecule has 2 aromatic carbocycles. The molecule has 2 aromatic rings. The maximum atomic E-state index is 12.6. The van der Waals surface area contributed by atoms with Crippen LogP contribution >= 0.6 is 0 Å². The summed E-state index contributed by atoms with van der Waals surface area (Å²) in [5.41, 5.74) is 1.48. The van der Waals surface area contributed by atoms with Gasteiger partial charge in [0, 0.05) is 6.42 Å². The molecule has 0 aliphatic carbocycles. The summed E-state index contributed by atoms with van der Waals surface area (Å²) in [6.45, 7) is 0. The maximum absolute atomic E-state index is 12.6. The summed E-state index contributed by atoms with van der Waals surface area (Å²) in [6.07, 6.45) is 0.221. The van der Waals surface area contributed by atoms with E-state index in [1.54, 1.807) is 24.3 Å². The number of carbonyl (C=O) groups excluding carboxylic acids is 3. The Kier molecular flexibility index (Phi) is 3.93. The molecule has 1 atom stereocenters. The Labute approximate surface area is 133 Å². The number of methoxy groups -OCH3 is 1. The molecule has 0 bridgehead atoms. The molecule has 23 heavy (non-hydrogen) atoms. The Hall–Kier alpha value is -2.95. The largest absolute Gasteiger partial charge is 0.467 e. The van der Waals surface area contributed by atoms with E-state index in [0.29, 0.717) is 11.1 Å². The first-order valence-corrected chi connectivity index (χ1v) is 7.22.